The van der Waals surface area contributed by atoms with E-state index in [1.807, 2.05) is 36.0 Å². The number of rotatable bonds is 5. The van der Waals surface area contributed by atoms with Gasteiger partial charge >= 0.3 is 0 Å². The van der Waals surface area contributed by atoms with Crippen LogP contribution < -0.4 is 5.32 Å². The summed E-state index contributed by atoms with van der Waals surface area (Å²) in [6.07, 6.45) is 0.999. The van der Waals surface area contributed by atoms with E-state index in [0.29, 0.717) is 10.2 Å². The van der Waals surface area contributed by atoms with Crippen LogP contribution in [0.2, 0.25) is 0 Å². The summed E-state index contributed by atoms with van der Waals surface area (Å²) >= 11 is 5.27. The SMILES string of the molecule is O=C(Nc1ccc(CCN2CCSCC2)cc1)c1cc(Br)ccc1F. The van der Waals surface area contributed by atoms with Crippen LogP contribution in [0.4, 0.5) is 10.1 Å². The zero-order chi connectivity index (χ0) is 17.6. The molecule has 2 aromatic rings. The summed E-state index contributed by atoms with van der Waals surface area (Å²) in [5, 5.41) is 2.75. The van der Waals surface area contributed by atoms with Crippen LogP contribution in [0.5, 0.6) is 0 Å². The standard InChI is InChI=1S/C19H20BrFN2OS/c20-15-3-6-18(21)17(13-15)19(24)22-16-4-1-14(2-5-16)7-8-23-9-11-25-12-10-23/h1-6,13H,7-12H2,(H,22,24). The Balaban J connectivity index is 1.56. The number of hydrogen-bond donors (Lipinski definition) is 1. The predicted molar refractivity (Wildman–Crippen MR) is 106 cm³/mol. The lowest BCUT2D eigenvalue weighted by molar-refractivity contribution is 0.102. The molecule has 3 nitrogen and oxygen atoms in total. The maximum atomic E-state index is 13.8. The van der Waals surface area contributed by atoms with Crippen molar-refractivity contribution in [3.8, 4) is 0 Å². The average molecular weight is 423 g/mol. The highest BCUT2D eigenvalue weighted by Crippen LogP contribution is 2.18. The Morgan fingerprint density at radius 1 is 1.16 bits per heavy atom. The van der Waals surface area contributed by atoms with E-state index in [1.54, 1.807) is 6.07 Å². The molecular formula is C19H20BrFN2OS. The molecule has 132 valence electrons. The fourth-order valence-electron chi connectivity index (χ4n) is 2.74. The topological polar surface area (TPSA) is 32.3 Å². The summed E-state index contributed by atoms with van der Waals surface area (Å²) in [6, 6.07) is 12.1. The van der Waals surface area contributed by atoms with E-state index >= 15 is 0 Å². The highest BCUT2D eigenvalue weighted by atomic mass is 79.9. The minimum Gasteiger partial charge on any atom is -0.322 e. The van der Waals surface area contributed by atoms with Gasteiger partial charge in [-0.25, -0.2) is 4.39 Å². The van der Waals surface area contributed by atoms with Gasteiger partial charge in [-0.1, -0.05) is 28.1 Å². The Hall–Kier alpha value is -1.37. The molecule has 2 aromatic carbocycles. The maximum Gasteiger partial charge on any atom is 0.258 e. The fraction of sp³-hybridized carbons (Fsp3) is 0.316. The van der Waals surface area contributed by atoms with Gasteiger partial charge in [-0.2, -0.15) is 11.8 Å². The van der Waals surface area contributed by atoms with Crippen LogP contribution in [0.25, 0.3) is 0 Å². The first-order valence-corrected chi connectivity index (χ1v) is 10.2. The number of benzene rings is 2. The quantitative estimate of drug-likeness (QED) is 0.772. The molecule has 1 amide bonds. The molecule has 1 saturated heterocycles. The van der Waals surface area contributed by atoms with Crippen LogP contribution in [0.15, 0.2) is 46.9 Å². The number of carbonyl (C=O) groups is 1. The van der Waals surface area contributed by atoms with Crippen molar-refractivity contribution in [3.05, 3.63) is 63.9 Å². The van der Waals surface area contributed by atoms with E-state index < -0.39 is 11.7 Å². The van der Waals surface area contributed by atoms with Gasteiger partial charge in [-0.15, -0.1) is 0 Å². The smallest absolute Gasteiger partial charge is 0.258 e. The van der Waals surface area contributed by atoms with E-state index in [4.69, 9.17) is 0 Å². The van der Waals surface area contributed by atoms with Crippen LogP contribution in [0.3, 0.4) is 0 Å². The normalized spacial score (nSPS) is 15.1. The van der Waals surface area contributed by atoms with Gasteiger partial charge in [-0.3, -0.25) is 4.79 Å². The number of nitrogens with one attached hydrogen (secondary N) is 1. The van der Waals surface area contributed by atoms with E-state index in [-0.39, 0.29) is 5.56 Å². The zero-order valence-electron chi connectivity index (χ0n) is 13.8. The first-order valence-electron chi connectivity index (χ1n) is 8.27. The lowest BCUT2D eigenvalue weighted by Gasteiger charge is -2.26. The van der Waals surface area contributed by atoms with Gasteiger partial charge in [0.1, 0.15) is 5.82 Å². The molecule has 0 saturated carbocycles. The summed E-state index contributed by atoms with van der Waals surface area (Å²) in [6.45, 7) is 3.39. The number of anilines is 1. The van der Waals surface area contributed by atoms with Gasteiger partial charge in [0, 0.05) is 41.3 Å². The van der Waals surface area contributed by atoms with Crippen LogP contribution in [0, 0.1) is 5.82 Å². The second kappa shape index (κ2) is 8.83. The van der Waals surface area contributed by atoms with Crippen molar-refractivity contribution >= 4 is 39.3 Å². The minimum absolute atomic E-state index is 0.0291. The Morgan fingerprint density at radius 3 is 2.60 bits per heavy atom. The predicted octanol–water partition coefficient (Wildman–Crippen LogP) is 4.43. The molecule has 0 aliphatic carbocycles. The van der Waals surface area contributed by atoms with Crippen molar-refractivity contribution < 1.29 is 9.18 Å². The molecule has 1 heterocycles. The summed E-state index contributed by atoms with van der Waals surface area (Å²) in [5.74, 6) is 1.46. The summed E-state index contributed by atoms with van der Waals surface area (Å²) in [5.41, 5.74) is 1.94. The number of carbonyl (C=O) groups excluding carboxylic acids is 1. The molecule has 1 fully saturated rings. The lowest BCUT2D eigenvalue weighted by Crippen LogP contribution is -2.34. The molecule has 25 heavy (non-hydrogen) atoms. The molecule has 0 spiro atoms. The van der Waals surface area contributed by atoms with Crippen molar-refractivity contribution in [2.24, 2.45) is 0 Å². The van der Waals surface area contributed by atoms with Gasteiger partial charge < -0.3 is 10.2 Å². The molecule has 1 aliphatic rings. The van der Waals surface area contributed by atoms with E-state index in [0.717, 1.165) is 26.1 Å². The molecule has 0 unspecified atom stereocenters. The Kier molecular flexibility index (Phi) is 6.51. The van der Waals surface area contributed by atoms with E-state index in [2.05, 4.69) is 26.1 Å². The summed E-state index contributed by atoms with van der Waals surface area (Å²) in [7, 11) is 0. The maximum absolute atomic E-state index is 13.8. The molecular weight excluding hydrogens is 403 g/mol. The van der Waals surface area contributed by atoms with Crippen molar-refractivity contribution in [1.29, 1.82) is 0 Å². The van der Waals surface area contributed by atoms with Gasteiger partial charge in [-0.05, 0) is 42.3 Å². The first-order chi connectivity index (χ1) is 12.1. The minimum atomic E-state index is -0.531. The molecule has 6 heteroatoms. The van der Waals surface area contributed by atoms with Crippen molar-refractivity contribution in [2.45, 2.75) is 6.42 Å². The van der Waals surface area contributed by atoms with Crippen LogP contribution >= 0.6 is 27.7 Å². The third-order valence-corrected chi connectivity index (χ3v) is 5.64. The first kappa shape index (κ1) is 18.4. The zero-order valence-corrected chi connectivity index (χ0v) is 16.2. The summed E-state index contributed by atoms with van der Waals surface area (Å²) < 4.78 is 14.4. The van der Waals surface area contributed by atoms with Gasteiger partial charge in [0.15, 0.2) is 0 Å². The number of halogens is 2. The van der Waals surface area contributed by atoms with E-state index in [9.17, 15) is 9.18 Å². The second-order valence-corrected chi connectivity index (χ2v) is 8.12. The van der Waals surface area contributed by atoms with Gasteiger partial charge in [0.25, 0.3) is 5.91 Å². The number of thioether (sulfide) groups is 1. The Morgan fingerprint density at radius 2 is 1.88 bits per heavy atom. The largest absolute Gasteiger partial charge is 0.322 e. The van der Waals surface area contributed by atoms with Crippen LogP contribution in [-0.2, 0) is 6.42 Å². The molecule has 0 radical (unpaired) electrons. The third-order valence-electron chi connectivity index (χ3n) is 4.21. The van der Waals surface area contributed by atoms with Crippen molar-refractivity contribution in [1.82, 2.24) is 4.90 Å². The van der Waals surface area contributed by atoms with Crippen LogP contribution in [-0.4, -0.2) is 41.9 Å². The summed E-state index contributed by atoms with van der Waals surface area (Å²) in [4.78, 5) is 14.7. The number of nitrogens with zero attached hydrogens (tertiary/aromatic N) is 1. The molecule has 3 rings (SSSR count). The molecule has 1 aliphatic heterocycles. The van der Waals surface area contributed by atoms with Crippen molar-refractivity contribution in [3.63, 3.8) is 0 Å². The molecule has 1 N–H and O–H groups in total. The lowest BCUT2D eigenvalue weighted by atomic mass is 10.1. The molecule has 0 atom stereocenters. The second-order valence-electron chi connectivity index (χ2n) is 5.98. The Labute approximate surface area is 160 Å². The molecule has 0 aromatic heterocycles. The Bertz CT molecular complexity index is 733. The average Bonchev–Trinajstić information content (AvgIpc) is 2.64. The monoisotopic (exact) mass is 422 g/mol. The fourth-order valence-corrected chi connectivity index (χ4v) is 4.08. The van der Waals surface area contributed by atoms with Gasteiger partial charge in [0.05, 0.1) is 5.56 Å². The van der Waals surface area contributed by atoms with Crippen LogP contribution in [0.1, 0.15) is 15.9 Å². The van der Waals surface area contributed by atoms with Gasteiger partial charge in [0.2, 0.25) is 0 Å². The highest BCUT2D eigenvalue weighted by Gasteiger charge is 2.13. The van der Waals surface area contributed by atoms with Crippen molar-refractivity contribution in [2.75, 3.05) is 36.5 Å². The highest BCUT2D eigenvalue weighted by molar-refractivity contribution is 9.10. The number of hydrogen-bond acceptors (Lipinski definition) is 3. The third kappa shape index (κ3) is 5.30. The number of amides is 1. The van der Waals surface area contributed by atoms with E-state index in [1.165, 1.54) is 29.2 Å². The molecule has 0 bridgehead atoms.